The Labute approximate surface area is 174 Å². The van der Waals surface area contributed by atoms with Gasteiger partial charge in [-0.05, 0) is 81.3 Å². The molecule has 1 N–H and O–H groups in total. The zero-order valence-electron chi connectivity index (χ0n) is 16.7. The van der Waals surface area contributed by atoms with Crippen molar-refractivity contribution in [2.75, 3.05) is 18.0 Å². The summed E-state index contributed by atoms with van der Waals surface area (Å²) in [5, 5.41) is 4.40. The van der Waals surface area contributed by atoms with Crippen LogP contribution in [0.15, 0.2) is 18.2 Å². The lowest BCUT2D eigenvalue weighted by atomic mass is 9.53. The lowest BCUT2D eigenvalue weighted by Gasteiger charge is -2.57. The maximum absolute atomic E-state index is 14.0. The molecule has 4 bridgehead atoms. The van der Waals surface area contributed by atoms with E-state index in [1.54, 1.807) is 6.07 Å². The minimum absolute atomic E-state index is 0.00798. The molecular formula is C23H28FN3OS. The first-order chi connectivity index (χ1) is 14.1. The van der Waals surface area contributed by atoms with E-state index in [0.29, 0.717) is 12.1 Å². The largest absolute Gasteiger partial charge is 0.350 e. The first-order valence-corrected chi connectivity index (χ1v) is 12.0. The highest BCUT2D eigenvalue weighted by atomic mass is 32.1. The predicted octanol–water partition coefficient (Wildman–Crippen LogP) is 4.74. The lowest BCUT2D eigenvalue weighted by molar-refractivity contribution is -0.131. The van der Waals surface area contributed by atoms with E-state index < -0.39 is 0 Å². The maximum Gasteiger partial charge on any atom is 0.225 e. The van der Waals surface area contributed by atoms with Gasteiger partial charge < -0.3 is 10.2 Å². The molecule has 7 rings (SSSR count). The number of amides is 1. The van der Waals surface area contributed by atoms with Crippen molar-refractivity contribution < 1.29 is 9.18 Å². The number of hydrogen-bond acceptors (Lipinski definition) is 4. The molecule has 5 fully saturated rings. The van der Waals surface area contributed by atoms with Gasteiger partial charge in [-0.25, -0.2) is 9.37 Å². The van der Waals surface area contributed by atoms with Gasteiger partial charge in [0.05, 0.1) is 10.6 Å². The number of benzene rings is 1. The number of piperidine rings is 1. The van der Waals surface area contributed by atoms with E-state index in [1.807, 2.05) is 6.07 Å². The second-order valence-electron chi connectivity index (χ2n) is 10.1. The number of thiazole rings is 1. The number of para-hydroxylation sites is 1. The number of fused-ring (bicyclic) bond motifs is 1. The summed E-state index contributed by atoms with van der Waals surface area (Å²) < 4.78 is 14.9. The third-order valence-electron chi connectivity index (χ3n) is 7.85. The topological polar surface area (TPSA) is 45.2 Å². The van der Waals surface area contributed by atoms with Gasteiger partial charge in [0.1, 0.15) is 11.3 Å². The molecule has 6 heteroatoms. The lowest BCUT2D eigenvalue weighted by Crippen LogP contribution is -2.61. The smallest absolute Gasteiger partial charge is 0.225 e. The van der Waals surface area contributed by atoms with Crippen LogP contribution < -0.4 is 10.2 Å². The molecule has 1 aliphatic heterocycles. The monoisotopic (exact) mass is 413 g/mol. The Bertz CT molecular complexity index is 921. The standard InChI is InChI=1S/C23H28FN3OS/c24-18-4-1-5-19-20(18)25-22(29-19)27-6-2-3-17(13-27)21(28)26-23-10-14-7-15(11-23)9-16(8-14)12-23/h1,4-5,14-17H,2-3,6-13H2,(H,26,28). The van der Waals surface area contributed by atoms with Crippen molar-refractivity contribution in [1.29, 1.82) is 0 Å². The summed E-state index contributed by atoms with van der Waals surface area (Å²) >= 11 is 1.53. The Morgan fingerprint density at radius 1 is 1.17 bits per heavy atom. The van der Waals surface area contributed by atoms with Crippen molar-refractivity contribution in [3.05, 3.63) is 24.0 Å². The van der Waals surface area contributed by atoms with E-state index in [4.69, 9.17) is 0 Å². The highest BCUT2D eigenvalue weighted by Crippen LogP contribution is 2.55. The minimum Gasteiger partial charge on any atom is -0.350 e. The van der Waals surface area contributed by atoms with Gasteiger partial charge in [0, 0.05) is 18.6 Å². The van der Waals surface area contributed by atoms with Crippen LogP contribution in [0.25, 0.3) is 10.2 Å². The predicted molar refractivity (Wildman–Crippen MR) is 114 cm³/mol. The summed E-state index contributed by atoms with van der Waals surface area (Å²) in [7, 11) is 0. The molecule has 1 atom stereocenters. The Balaban J connectivity index is 1.18. The molecule has 5 aliphatic rings. The molecule has 4 saturated carbocycles. The second-order valence-corrected chi connectivity index (χ2v) is 11.1. The average Bonchev–Trinajstić information content (AvgIpc) is 3.12. The summed E-state index contributed by atoms with van der Waals surface area (Å²) in [5.74, 6) is 2.49. The fourth-order valence-electron chi connectivity index (χ4n) is 7.03. The van der Waals surface area contributed by atoms with Crippen LogP contribution in [0.4, 0.5) is 9.52 Å². The molecule has 1 aromatic heterocycles. The number of nitrogens with one attached hydrogen (secondary N) is 1. The van der Waals surface area contributed by atoms with Gasteiger partial charge in [0.15, 0.2) is 5.13 Å². The number of aromatic nitrogens is 1. The van der Waals surface area contributed by atoms with Crippen LogP contribution in [-0.4, -0.2) is 29.5 Å². The van der Waals surface area contributed by atoms with Crippen LogP contribution in [-0.2, 0) is 4.79 Å². The molecule has 2 heterocycles. The fourth-order valence-corrected chi connectivity index (χ4v) is 8.05. The van der Waals surface area contributed by atoms with E-state index in [2.05, 4.69) is 15.2 Å². The van der Waals surface area contributed by atoms with E-state index in [9.17, 15) is 9.18 Å². The summed E-state index contributed by atoms with van der Waals surface area (Å²) in [4.78, 5) is 20.0. The number of carbonyl (C=O) groups excluding carboxylic acids is 1. The quantitative estimate of drug-likeness (QED) is 0.791. The molecule has 1 aromatic carbocycles. The van der Waals surface area contributed by atoms with Crippen molar-refractivity contribution >= 4 is 32.6 Å². The van der Waals surface area contributed by atoms with Crippen molar-refractivity contribution in [3.8, 4) is 0 Å². The fraction of sp³-hybridized carbons (Fsp3) is 0.652. The highest BCUT2D eigenvalue weighted by molar-refractivity contribution is 7.22. The molecule has 0 radical (unpaired) electrons. The molecule has 0 spiro atoms. The van der Waals surface area contributed by atoms with Crippen LogP contribution >= 0.6 is 11.3 Å². The van der Waals surface area contributed by atoms with Crippen molar-refractivity contribution in [1.82, 2.24) is 10.3 Å². The van der Waals surface area contributed by atoms with Gasteiger partial charge >= 0.3 is 0 Å². The van der Waals surface area contributed by atoms with E-state index >= 15 is 0 Å². The summed E-state index contributed by atoms with van der Waals surface area (Å²) in [6.07, 6.45) is 9.67. The molecule has 1 unspecified atom stereocenters. The van der Waals surface area contributed by atoms with Crippen LogP contribution in [0.5, 0.6) is 0 Å². The number of nitrogens with zero attached hydrogens (tertiary/aromatic N) is 2. The average molecular weight is 414 g/mol. The van der Waals surface area contributed by atoms with Crippen molar-refractivity contribution in [2.45, 2.75) is 56.9 Å². The van der Waals surface area contributed by atoms with Gasteiger partial charge in [-0.15, -0.1) is 0 Å². The number of anilines is 1. The number of rotatable bonds is 3. The Kier molecular flexibility index (Phi) is 4.16. The normalized spacial score (nSPS) is 36.0. The zero-order valence-corrected chi connectivity index (χ0v) is 17.5. The van der Waals surface area contributed by atoms with Crippen LogP contribution in [0.3, 0.4) is 0 Å². The van der Waals surface area contributed by atoms with Gasteiger partial charge in [0.25, 0.3) is 0 Å². The van der Waals surface area contributed by atoms with E-state index in [1.165, 1.54) is 55.9 Å². The Morgan fingerprint density at radius 2 is 1.90 bits per heavy atom. The van der Waals surface area contributed by atoms with Crippen molar-refractivity contribution in [3.63, 3.8) is 0 Å². The molecule has 1 amide bonds. The van der Waals surface area contributed by atoms with Crippen LogP contribution in [0.1, 0.15) is 51.4 Å². The third-order valence-corrected chi connectivity index (χ3v) is 8.93. The molecule has 154 valence electrons. The first-order valence-electron chi connectivity index (χ1n) is 11.2. The molecule has 2 aromatic rings. The third kappa shape index (κ3) is 3.15. The highest BCUT2D eigenvalue weighted by Gasteiger charge is 2.52. The molecular weight excluding hydrogens is 385 g/mol. The molecule has 4 nitrogen and oxygen atoms in total. The number of halogens is 1. The van der Waals surface area contributed by atoms with Gasteiger partial charge in [-0.1, -0.05) is 17.4 Å². The number of hydrogen-bond donors (Lipinski definition) is 1. The summed E-state index contributed by atoms with van der Waals surface area (Å²) in [5.41, 5.74) is 0.528. The Hall–Kier alpha value is -1.69. The molecule has 1 saturated heterocycles. The van der Waals surface area contributed by atoms with E-state index in [0.717, 1.165) is 47.0 Å². The van der Waals surface area contributed by atoms with Crippen LogP contribution in [0.2, 0.25) is 0 Å². The maximum atomic E-state index is 14.0. The zero-order chi connectivity index (χ0) is 19.6. The number of carbonyl (C=O) groups is 1. The van der Waals surface area contributed by atoms with Crippen LogP contribution in [0, 0.1) is 29.5 Å². The van der Waals surface area contributed by atoms with Gasteiger partial charge in [-0.3, -0.25) is 4.79 Å². The first kappa shape index (κ1) is 18.1. The molecule has 4 aliphatic carbocycles. The molecule has 29 heavy (non-hydrogen) atoms. The van der Waals surface area contributed by atoms with E-state index in [-0.39, 0.29) is 23.2 Å². The SMILES string of the molecule is O=C(NC12CC3CC(CC(C3)C1)C2)C1CCCN(c2nc3c(F)cccc3s2)C1. The second kappa shape index (κ2) is 6.66. The van der Waals surface area contributed by atoms with Gasteiger partial charge in [-0.2, -0.15) is 0 Å². The van der Waals surface area contributed by atoms with Gasteiger partial charge in [0.2, 0.25) is 5.91 Å². The minimum atomic E-state index is -0.266. The van der Waals surface area contributed by atoms with Crippen molar-refractivity contribution in [2.24, 2.45) is 23.7 Å². The summed E-state index contributed by atoms with van der Waals surface area (Å²) in [6.45, 7) is 1.59. The Morgan fingerprint density at radius 3 is 2.59 bits per heavy atom. The summed E-state index contributed by atoms with van der Waals surface area (Å²) in [6, 6.07) is 5.11.